The first-order chi connectivity index (χ1) is 9.24. The van der Waals surface area contributed by atoms with Crippen molar-refractivity contribution in [3.8, 4) is 0 Å². The summed E-state index contributed by atoms with van der Waals surface area (Å²) in [5.74, 6) is -0.135. The largest absolute Gasteiger partial charge is 0.306 e. The van der Waals surface area contributed by atoms with Crippen LogP contribution in [0.25, 0.3) is 0 Å². The summed E-state index contributed by atoms with van der Waals surface area (Å²) in [5, 5.41) is 3.46. The molecule has 2 aromatic rings. The maximum atomic E-state index is 13.6. The van der Waals surface area contributed by atoms with E-state index in [4.69, 9.17) is 0 Å². The summed E-state index contributed by atoms with van der Waals surface area (Å²) in [4.78, 5) is 0. The molecule has 0 aliphatic heterocycles. The molecular formula is C16H15BrFN. The Morgan fingerprint density at radius 3 is 2.89 bits per heavy atom. The summed E-state index contributed by atoms with van der Waals surface area (Å²) in [5.41, 5.74) is 3.47. The van der Waals surface area contributed by atoms with Crippen molar-refractivity contribution in [1.29, 1.82) is 0 Å². The molecule has 0 saturated carbocycles. The van der Waals surface area contributed by atoms with Crippen molar-refractivity contribution in [2.24, 2.45) is 0 Å². The Hall–Kier alpha value is -1.19. The summed E-state index contributed by atoms with van der Waals surface area (Å²) in [6.45, 7) is 0.576. The van der Waals surface area contributed by atoms with Gasteiger partial charge in [-0.2, -0.15) is 0 Å². The van der Waals surface area contributed by atoms with Gasteiger partial charge in [0.1, 0.15) is 5.82 Å². The van der Waals surface area contributed by atoms with Crippen LogP contribution < -0.4 is 5.32 Å². The normalized spacial score (nSPS) is 17.5. The molecule has 0 spiro atoms. The molecule has 3 rings (SSSR count). The van der Waals surface area contributed by atoms with Gasteiger partial charge in [-0.15, -0.1) is 0 Å². The van der Waals surface area contributed by atoms with E-state index >= 15 is 0 Å². The number of fused-ring (bicyclic) bond motifs is 1. The number of nitrogens with one attached hydrogen (secondary N) is 1. The molecule has 0 radical (unpaired) electrons. The van der Waals surface area contributed by atoms with Crippen molar-refractivity contribution in [2.75, 3.05) is 0 Å². The lowest BCUT2D eigenvalue weighted by atomic mass is 10.1. The Morgan fingerprint density at radius 2 is 2.05 bits per heavy atom. The number of rotatable bonds is 3. The third-order valence-electron chi connectivity index (χ3n) is 3.68. The minimum Gasteiger partial charge on any atom is -0.306 e. The first kappa shape index (κ1) is 12.8. The Labute approximate surface area is 121 Å². The molecule has 0 amide bonds. The van der Waals surface area contributed by atoms with E-state index < -0.39 is 0 Å². The van der Waals surface area contributed by atoms with Crippen molar-refractivity contribution in [3.05, 3.63) is 69.4 Å². The first-order valence-electron chi connectivity index (χ1n) is 6.49. The standard InChI is InChI=1S/C16H15BrFN/c17-13-6-7-14-11(9-13)5-8-16(14)19-10-12-3-1-2-4-15(12)18/h1-4,6-7,9,16,19H,5,8,10H2. The molecular weight excluding hydrogens is 305 g/mol. The topological polar surface area (TPSA) is 12.0 Å². The Balaban J connectivity index is 1.72. The minimum absolute atomic E-state index is 0.135. The zero-order valence-electron chi connectivity index (χ0n) is 10.5. The fourth-order valence-corrected chi connectivity index (χ4v) is 3.08. The van der Waals surface area contributed by atoms with Crippen LogP contribution in [0.1, 0.15) is 29.2 Å². The zero-order valence-corrected chi connectivity index (χ0v) is 12.1. The number of hydrogen-bond donors (Lipinski definition) is 1. The molecule has 19 heavy (non-hydrogen) atoms. The van der Waals surface area contributed by atoms with E-state index in [1.165, 1.54) is 17.2 Å². The Kier molecular flexibility index (Phi) is 3.67. The van der Waals surface area contributed by atoms with Crippen LogP contribution in [0.3, 0.4) is 0 Å². The summed E-state index contributed by atoms with van der Waals surface area (Å²) in [6.07, 6.45) is 2.17. The van der Waals surface area contributed by atoms with Gasteiger partial charge in [0.15, 0.2) is 0 Å². The first-order valence-corrected chi connectivity index (χ1v) is 7.28. The lowest BCUT2D eigenvalue weighted by molar-refractivity contribution is 0.513. The average Bonchev–Trinajstić information content (AvgIpc) is 2.80. The van der Waals surface area contributed by atoms with E-state index in [-0.39, 0.29) is 5.82 Å². The fourth-order valence-electron chi connectivity index (χ4n) is 2.67. The van der Waals surface area contributed by atoms with Crippen molar-refractivity contribution >= 4 is 15.9 Å². The minimum atomic E-state index is -0.135. The maximum absolute atomic E-state index is 13.6. The number of hydrogen-bond acceptors (Lipinski definition) is 1. The molecule has 0 bridgehead atoms. The van der Waals surface area contributed by atoms with E-state index in [1.807, 2.05) is 12.1 Å². The SMILES string of the molecule is Fc1ccccc1CNC1CCc2cc(Br)ccc21. The third kappa shape index (κ3) is 2.72. The zero-order chi connectivity index (χ0) is 13.2. The van der Waals surface area contributed by atoms with E-state index in [0.29, 0.717) is 12.6 Å². The monoisotopic (exact) mass is 319 g/mol. The summed E-state index contributed by atoms with van der Waals surface area (Å²) in [7, 11) is 0. The second-order valence-electron chi connectivity index (χ2n) is 4.91. The highest BCUT2D eigenvalue weighted by molar-refractivity contribution is 9.10. The van der Waals surface area contributed by atoms with Gasteiger partial charge >= 0.3 is 0 Å². The molecule has 0 saturated heterocycles. The number of halogens is 2. The molecule has 1 nitrogen and oxygen atoms in total. The van der Waals surface area contributed by atoms with Gasteiger partial charge in [-0.25, -0.2) is 4.39 Å². The highest BCUT2D eigenvalue weighted by Gasteiger charge is 2.22. The highest BCUT2D eigenvalue weighted by Crippen LogP contribution is 2.33. The van der Waals surface area contributed by atoms with Crippen LogP contribution >= 0.6 is 15.9 Å². The van der Waals surface area contributed by atoms with E-state index in [2.05, 4.69) is 39.4 Å². The third-order valence-corrected chi connectivity index (χ3v) is 4.17. The maximum Gasteiger partial charge on any atom is 0.127 e. The number of aryl methyl sites for hydroxylation is 1. The van der Waals surface area contributed by atoms with Gasteiger partial charge in [-0.05, 0) is 42.2 Å². The molecule has 0 aromatic heterocycles. The van der Waals surface area contributed by atoms with Crippen LogP contribution in [-0.4, -0.2) is 0 Å². The lowest BCUT2D eigenvalue weighted by Gasteiger charge is -2.14. The van der Waals surface area contributed by atoms with Gasteiger partial charge in [0, 0.05) is 22.6 Å². The van der Waals surface area contributed by atoms with Crippen LogP contribution in [0, 0.1) is 5.82 Å². The van der Waals surface area contributed by atoms with Crippen molar-refractivity contribution in [3.63, 3.8) is 0 Å². The summed E-state index contributed by atoms with van der Waals surface area (Å²) >= 11 is 3.50. The van der Waals surface area contributed by atoms with E-state index in [1.54, 1.807) is 6.07 Å². The molecule has 1 aliphatic rings. The molecule has 1 N–H and O–H groups in total. The molecule has 1 atom stereocenters. The predicted octanol–water partition coefficient (Wildman–Crippen LogP) is 4.37. The number of benzene rings is 2. The second-order valence-corrected chi connectivity index (χ2v) is 5.82. The predicted molar refractivity (Wildman–Crippen MR) is 78.4 cm³/mol. The van der Waals surface area contributed by atoms with Gasteiger partial charge in [-0.1, -0.05) is 40.2 Å². The molecule has 0 fully saturated rings. The molecule has 1 aliphatic carbocycles. The van der Waals surface area contributed by atoms with Gasteiger partial charge < -0.3 is 5.32 Å². The molecule has 98 valence electrons. The van der Waals surface area contributed by atoms with E-state index in [0.717, 1.165) is 22.9 Å². The average molecular weight is 320 g/mol. The molecule has 0 heterocycles. The van der Waals surface area contributed by atoms with Crippen molar-refractivity contribution < 1.29 is 4.39 Å². The Morgan fingerprint density at radius 1 is 1.21 bits per heavy atom. The van der Waals surface area contributed by atoms with Gasteiger partial charge in [-0.3, -0.25) is 0 Å². The highest BCUT2D eigenvalue weighted by atomic mass is 79.9. The van der Waals surface area contributed by atoms with Gasteiger partial charge in [0.2, 0.25) is 0 Å². The molecule has 2 aromatic carbocycles. The van der Waals surface area contributed by atoms with E-state index in [9.17, 15) is 4.39 Å². The van der Waals surface area contributed by atoms with Crippen molar-refractivity contribution in [1.82, 2.24) is 5.32 Å². The molecule has 1 unspecified atom stereocenters. The quantitative estimate of drug-likeness (QED) is 0.886. The van der Waals surface area contributed by atoms with Gasteiger partial charge in [0.05, 0.1) is 0 Å². The van der Waals surface area contributed by atoms with Gasteiger partial charge in [0.25, 0.3) is 0 Å². The van der Waals surface area contributed by atoms with Crippen LogP contribution in [0.4, 0.5) is 4.39 Å². The fraction of sp³-hybridized carbons (Fsp3) is 0.250. The van der Waals surface area contributed by atoms with Crippen LogP contribution in [0.2, 0.25) is 0 Å². The lowest BCUT2D eigenvalue weighted by Crippen LogP contribution is -2.19. The summed E-state index contributed by atoms with van der Waals surface area (Å²) < 4.78 is 14.7. The van der Waals surface area contributed by atoms with Crippen molar-refractivity contribution in [2.45, 2.75) is 25.4 Å². The van der Waals surface area contributed by atoms with Crippen LogP contribution in [0.5, 0.6) is 0 Å². The summed E-state index contributed by atoms with van der Waals surface area (Å²) in [6, 6.07) is 13.7. The Bertz CT molecular complexity index is 597. The molecule has 3 heteroatoms. The van der Waals surface area contributed by atoms with Crippen LogP contribution in [0.15, 0.2) is 46.9 Å². The van der Waals surface area contributed by atoms with Crippen LogP contribution in [-0.2, 0) is 13.0 Å². The second kappa shape index (κ2) is 5.43. The smallest absolute Gasteiger partial charge is 0.127 e.